The minimum absolute atomic E-state index is 0.0514. The average molecular weight is 372 g/mol. The molecular formula is C17H19Cl2NO4. The Labute approximate surface area is 150 Å². The molecule has 2 fully saturated rings. The number of halogens is 2. The Balaban J connectivity index is 1.62. The zero-order valence-corrected chi connectivity index (χ0v) is 14.6. The number of benzene rings is 1. The van der Waals surface area contributed by atoms with Crippen molar-refractivity contribution in [2.75, 3.05) is 13.2 Å². The highest BCUT2D eigenvalue weighted by atomic mass is 35.5. The highest BCUT2D eigenvalue weighted by Gasteiger charge is 2.47. The van der Waals surface area contributed by atoms with E-state index >= 15 is 0 Å². The predicted octanol–water partition coefficient (Wildman–Crippen LogP) is 2.92. The second kappa shape index (κ2) is 7.30. The van der Waals surface area contributed by atoms with Crippen molar-refractivity contribution in [2.24, 2.45) is 17.6 Å². The second-order valence-corrected chi connectivity index (χ2v) is 7.15. The van der Waals surface area contributed by atoms with Gasteiger partial charge < -0.3 is 15.2 Å². The summed E-state index contributed by atoms with van der Waals surface area (Å²) in [6.07, 6.45) is 1.14. The molecule has 1 heterocycles. The lowest BCUT2D eigenvalue weighted by Gasteiger charge is -2.27. The van der Waals surface area contributed by atoms with Crippen LogP contribution >= 0.6 is 23.2 Å². The highest BCUT2D eigenvalue weighted by Crippen LogP contribution is 2.49. The molecule has 3 atom stereocenters. The van der Waals surface area contributed by atoms with Crippen LogP contribution in [-0.4, -0.2) is 31.2 Å². The van der Waals surface area contributed by atoms with Crippen molar-refractivity contribution in [3.8, 4) is 0 Å². The van der Waals surface area contributed by atoms with E-state index in [1.165, 1.54) is 0 Å². The lowest BCUT2D eigenvalue weighted by molar-refractivity contribution is -0.161. The molecule has 1 aromatic carbocycles. The second-order valence-electron chi connectivity index (χ2n) is 6.33. The Morgan fingerprint density at radius 2 is 1.92 bits per heavy atom. The van der Waals surface area contributed by atoms with Crippen LogP contribution in [0.1, 0.15) is 30.7 Å². The summed E-state index contributed by atoms with van der Waals surface area (Å²) in [6, 6.07) is 5.34. The quantitative estimate of drug-likeness (QED) is 0.807. The summed E-state index contributed by atoms with van der Waals surface area (Å²) in [5.74, 6) is -1.25. The molecule has 1 aliphatic carbocycles. The summed E-state index contributed by atoms with van der Waals surface area (Å²) < 4.78 is 10.7. The van der Waals surface area contributed by atoms with Crippen molar-refractivity contribution in [3.05, 3.63) is 33.8 Å². The van der Waals surface area contributed by atoms with Crippen molar-refractivity contribution in [1.29, 1.82) is 0 Å². The van der Waals surface area contributed by atoms with E-state index in [4.69, 9.17) is 38.4 Å². The molecule has 7 heteroatoms. The third-order valence-electron chi connectivity index (χ3n) is 4.68. The summed E-state index contributed by atoms with van der Waals surface area (Å²) in [4.78, 5) is 24.1. The van der Waals surface area contributed by atoms with Crippen LogP contribution in [-0.2, 0) is 19.1 Å². The largest absolute Gasteiger partial charge is 0.452 e. The summed E-state index contributed by atoms with van der Waals surface area (Å²) in [5, 5.41) is 0.943. The molecule has 2 aliphatic rings. The topological polar surface area (TPSA) is 78.6 Å². The minimum Gasteiger partial charge on any atom is -0.452 e. The monoisotopic (exact) mass is 371 g/mol. The molecule has 0 radical (unpaired) electrons. The third kappa shape index (κ3) is 3.85. The van der Waals surface area contributed by atoms with Gasteiger partial charge in [-0.25, -0.2) is 0 Å². The first-order valence-electron chi connectivity index (χ1n) is 8.00. The molecule has 1 saturated heterocycles. The maximum absolute atomic E-state index is 12.4. The van der Waals surface area contributed by atoms with Gasteiger partial charge >= 0.3 is 5.97 Å². The van der Waals surface area contributed by atoms with Gasteiger partial charge in [-0.05, 0) is 42.9 Å². The van der Waals surface area contributed by atoms with Crippen molar-refractivity contribution >= 4 is 35.1 Å². The number of hydrogen-bond acceptors (Lipinski definition) is 4. The van der Waals surface area contributed by atoms with E-state index in [9.17, 15) is 9.59 Å². The number of esters is 1. The molecule has 24 heavy (non-hydrogen) atoms. The fraction of sp³-hybridized carbons (Fsp3) is 0.529. The molecule has 1 aliphatic heterocycles. The lowest BCUT2D eigenvalue weighted by atomic mass is 9.93. The first kappa shape index (κ1) is 17.5. The Kier molecular flexibility index (Phi) is 5.33. The molecule has 5 nitrogen and oxygen atoms in total. The molecule has 1 amide bonds. The lowest BCUT2D eigenvalue weighted by Crippen LogP contribution is -2.41. The molecule has 0 spiro atoms. The van der Waals surface area contributed by atoms with Crippen LogP contribution < -0.4 is 5.73 Å². The van der Waals surface area contributed by atoms with Crippen LogP contribution in [0.25, 0.3) is 0 Å². The van der Waals surface area contributed by atoms with Gasteiger partial charge in [0.15, 0.2) is 6.10 Å². The minimum atomic E-state index is -0.878. The number of amides is 1. The number of carbonyl (C=O) groups excluding carboxylic acids is 2. The Morgan fingerprint density at radius 3 is 2.54 bits per heavy atom. The molecular weight excluding hydrogens is 353 g/mol. The van der Waals surface area contributed by atoms with Crippen molar-refractivity contribution in [1.82, 2.24) is 0 Å². The summed E-state index contributed by atoms with van der Waals surface area (Å²) in [7, 11) is 0. The average Bonchev–Trinajstić information content (AvgIpc) is 3.36. The van der Waals surface area contributed by atoms with E-state index in [0.717, 1.165) is 5.56 Å². The van der Waals surface area contributed by atoms with Gasteiger partial charge in [0.25, 0.3) is 5.91 Å². The number of hydrogen-bond donors (Lipinski definition) is 1. The van der Waals surface area contributed by atoms with Crippen molar-refractivity contribution < 1.29 is 19.1 Å². The molecule has 0 unspecified atom stereocenters. The molecule has 2 N–H and O–H groups in total. The van der Waals surface area contributed by atoms with E-state index in [1.54, 1.807) is 12.1 Å². The Hall–Kier alpha value is -1.30. The molecule has 3 rings (SSSR count). The van der Waals surface area contributed by atoms with Crippen LogP contribution in [0.5, 0.6) is 0 Å². The zero-order valence-electron chi connectivity index (χ0n) is 13.0. The zero-order chi connectivity index (χ0) is 17.3. The van der Waals surface area contributed by atoms with Gasteiger partial charge in [-0.2, -0.15) is 0 Å². The van der Waals surface area contributed by atoms with Crippen molar-refractivity contribution in [3.63, 3.8) is 0 Å². The van der Waals surface area contributed by atoms with Crippen molar-refractivity contribution in [2.45, 2.75) is 31.3 Å². The van der Waals surface area contributed by atoms with Crippen LogP contribution in [0.3, 0.4) is 0 Å². The summed E-state index contributed by atoms with van der Waals surface area (Å²) in [5.41, 5.74) is 6.38. The third-order valence-corrected chi connectivity index (χ3v) is 5.42. The van der Waals surface area contributed by atoms with Gasteiger partial charge in [0, 0.05) is 19.1 Å². The standard InChI is InChI=1S/C17H19Cl2NO4/c18-13-2-1-10(7-14(13)19)11-8-12(11)17(22)24-15(16(20)21)9-3-5-23-6-4-9/h1-2,7,9,11-12,15H,3-6,8H2,(H2,20,21)/t11-,12+,15-/m1/s1. The Morgan fingerprint density at radius 1 is 1.21 bits per heavy atom. The molecule has 1 aromatic rings. The summed E-state index contributed by atoms with van der Waals surface area (Å²) >= 11 is 11.9. The number of primary amides is 1. The van der Waals surface area contributed by atoms with Gasteiger partial charge in [0.2, 0.25) is 0 Å². The highest BCUT2D eigenvalue weighted by molar-refractivity contribution is 6.42. The molecule has 0 bridgehead atoms. The van der Waals surface area contributed by atoms with E-state index in [-0.39, 0.29) is 23.7 Å². The van der Waals surface area contributed by atoms with Crippen LogP contribution in [0, 0.1) is 11.8 Å². The molecule has 130 valence electrons. The Bertz CT molecular complexity index is 645. The van der Waals surface area contributed by atoms with E-state index < -0.39 is 12.0 Å². The van der Waals surface area contributed by atoms with Gasteiger partial charge in [0.1, 0.15) is 0 Å². The maximum atomic E-state index is 12.4. The van der Waals surface area contributed by atoms with E-state index in [2.05, 4.69) is 0 Å². The number of rotatable bonds is 5. The number of nitrogens with two attached hydrogens (primary N) is 1. The number of ether oxygens (including phenoxy) is 2. The fourth-order valence-electron chi connectivity index (χ4n) is 3.18. The van der Waals surface area contributed by atoms with Gasteiger partial charge in [0.05, 0.1) is 16.0 Å². The first-order valence-corrected chi connectivity index (χ1v) is 8.75. The number of carbonyl (C=O) groups is 2. The van der Waals surface area contributed by atoms with E-state index in [0.29, 0.717) is 42.5 Å². The van der Waals surface area contributed by atoms with Gasteiger partial charge in [-0.15, -0.1) is 0 Å². The fourth-order valence-corrected chi connectivity index (χ4v) is 3.49. The SMILES string of the molecule is NC(=O)[C@H](OC(=O)[C@H]1C[C@@H]1c1ccc(Cl)c(Cl)c1)C1CCOCC1. The van der Waals surface area contributed by atoms with Gasteiger partial charge in [-0.1, -0.05) is 29.3 Å². The maximum Gasteiger partial charge on any atom is 0.310 e. The van der Waals surface area contributed by atoms with Crippen LogP contribution in [0.2, 0.25) is 10.0 Å². The van der Waals surface area contributed by atoms with Gasteiger partial charge in [-0.3, -0.25) is 9.59 Å². The summed E-state index contributed by atoms with van der Waals surface area (Å²) in [6.45, 7) is 1.11. The molecule has 1 saturated carbocycles. The predicted molar refractivity (Wildman–Crippen MR) is 89.9 cm³/mol. The first-order chi connectivity index (χ1) is 11.5. The van der Waals surface area contributed by atoms with E-state index in [1.807, 2.05) is 6.07 Å². The smallest absolute Gasteiger partial charge is 0.310 e. The van der Waals surface area contributed by atoms with Crippen LogP contribution in [0.15, 0.2) is 18.2 Å². The normalized spacial score (nSPS) is 25.1. The van der Waals surface area contributed by atoms with Crippen LogP contribution in [0.4, 0.5) is 0 Å². The molecule has 0 aromatic heterocycles.